The first-order valence-corrected chi connectivity index (χ1v) is 12.3. The summed E-state index contributed by atoms with van der Waals surface area (Å²) < 4.78 is 20.1. The molecule has 3 atom stereocenters. The Morgan fingerprint density at radius 1 is 1.24 bits per heavy atom. The second-order valence-corrected chi connectivity index (χ2v) is 10.0. The van der Waals surface area contributed by atoms with Crippen molar-refractivity contribution in [3.63, 3.8) is 0 Å². The molecule has 7 heteroatoms. The number of hydrazone groups is 1. The van der Waals surface area contributed by atoms with Crippen LogP contribution in [0.5, 0.6) is 5.75 Å². The summed E-state index contributed by atoms with van der Waals surface area (Å²) in [6.45, 7) is 7.68. The van der Waals surface area contributed by atoms with Gasteiger partial charge in [-0.2, -0.15) is 5.10 Å². The van der Waals surface area contributed by atoms with Crippen LogP contribution in [0.25, 0.3) is 0 Å². The second kappa shape index (κ2) is 9.37. The fraction of sp³-hybridized carbons (Fsp3) is 0.481. The average Bonchev–Trinajstić information content (AvgIpc) is 3.24. The van der Waals surface area contributed by atoms with E-state index >= 15 is 0 Å². The van der Waals surface area contributed by atoms with E-state index < -0.39 is 0 Å². The Balaban J connectivity index is 1.42. The van der Waals surface area contributed by atoms with E-state index in [1.165, 1.54) is 12.1 Å². The molecule has 0 N–H and O–H groups in total. The average molecular weight is 465 g/mol. The number of hydrogen-bond acceptors (Lipinski definition) is 4. The monoisotopic (exact) mass is 464 g/mol. The van der Waals surface area contributed by atoms with Gasteiger partial charge in [-0.25, -0.2) is 14.2 Å². The molecule has 3 heterocycles. The number of piperidine rings is 1. The lowest BCUT2D eigenvalue weighted by atomic mass is 9.86. The summed E-state index contributed by atoms with van der Waals surface area (Å²) in [6, 6.07) is 14.5. The molecule has 34 heavy (non-hydrogen) atoms. The quantitative estimate of drug-likeness (QED) is 0.655. The standard InChI is InChI=1S/C27H33FN4O2/c1-18(2)31-13-7-8-19(16-31)15-30(3)27(33)32-26(20-9-5-4-6-10-20)23-17-34-24-12-11-21(28)14-22(24)25(23)29-32/h4-6,9-12,14,18-19,23,26H,7-8,13,15-17H2,1-3H3/t19-,23?,26?/m1/s1. The van der Waals surface area contributed by atoms with E-state index in [0.717, 1.165) is 37.2 Å². The Labute approximate surface area is 201 Å². The molecule has 0 saturated carbocycles. The van der Waals surface area contributed by atoms with Gasteiger partial charge < -0.3 is 14.5 Å². The third-order valence-electron chi connectivity index (χ3n) is 7.32. The Morgan fingerprint density at radius 3 is 2.79 bits per heavy atom. The molecule has 2 aromatic carbocycles. The molecule has 0 aliphatic carbocycles. The number of carbonyl (C=O) groups excluding carboxylic acids is 1. The molecule has 2 aromatic rings. The van der Waals surface area contributed by atoms with Gasteiger partial charge >= 0.3 is 6.03 Å². The fourth-order valence-corrected chi connectivity index (χ4v) is 5.54. The number of halogens is 1. The van der Waals surface area contributed by atoms with Crippen LogP contribution in [0.1, 0.15) is 43.9 Å². The lowest BCUT2D eigenvalue weighted by molar-refractivity contribution is 0.102. The molecule has 0 aromatic heterocycles. The molecule has 1 fully saturated rings. The van der Waals surface area contributed by atoms with Gasteiger partial charge in [0, 0.05) is 31.7 Å². The van der Waals surface area contributed by atoms with Crippen molar-refractivity contribution in [3.05, 3.63) is 65.5 Å². The van der Waals surface area contributed by atoms with Crippen molar-refractivity contribution in [1.29, 1.82) is 0 Å². The Kier molecular flexibility index (Phi) is 6.30. The third kappa shape index (κ3) is 4.29. The summed E-state index contributed by atoms with van der Waals surface area (Å²) >= 11 is 0. The number of amides is 2. The molecule has 180 valence electrons. The number of ether oxygens (including phenoxy) is 1. The summed E-state index contributed by atoms with van der Waals surface area (Å²) in [6.07, 6.45) is 2.28. The van der Waals surface area contributed by atoms with Gasteiger partial charge in [0.1, 0.15) is 11.6 Å². The molecular formula is C27H33FN4O2. The zero-order chi connectivity index (χ0) is 23.8. The first-order chi connectivity index (χ1) is 16.4. The number of benzene rings is 2. The number of hydrogen-bond donors (Lipinski definition) is 0. The van der Waals surface area contributed by atoms with Gasteiger partial charge in [0.05, 0.1) is 24.3 Å². The largest absolute Gasteiger partial charge is 0.492 e. The van der Waals surface area contributed by atoms with Gasteiger partial charge in [0.15, 0.2) is 0 Å². The number of likely N-dealkylation sites (tertiary alicyclic amines) is 1. The number of urea groups is 1. The van der Waals surface area contributed by atoms with E-state index in [1.807, 2.05) is 37.4 Å². The van der Waals surface area contributed by atoms with Crippen molar-refractivity contribution < 1.29 is 13.9 Å². The van der Waals surface area contributed by atoms with Crippen LogP contribution in [-0.4, -0.2) is 65.9 Å². The van der Waals surface area contributed by atoms with E-state index in [2.05, 4.69) is 18.7 Å². The summed E-state index contributed by atoms with van der Waals surface area (Å²) in [4.78, 5) is 18.1. The Hall–Kier alpha value is -2.93. The highest BCUT2D eigenvalue weighted by atomic mass is 19.1. The summed E-state index contributed by atoms with van der Waals surface area (Å²) in [5.41, 5.74) is 2.36. The van der Waals surface area contributed by atoms with Crippen molar-refractivity contribution in [1.82, 2.24) is 14.8 Å². The van der Waals surface area contributed by atoms with E-state index in [1.54, 1.807) is 16.0 Å². The highest BCUT2D eigenvalue weighted by Gasteiger charge is 2.46. The lowest BCUT2D eigenvalue weighted by Gasteiger charge is -2.38. The van der Waals surface area contributed by atoms with E-state index in [-0.39, 0.29) is 23.8 Å². The summed E-state index contributed by atoms with van der Waals surface area (Å²) in [7, 11) is 1.87. The number of nitrogens with zero attached hydrogens (tertiary/aromatic N) is 4. The molecule has 2 amide bonds. The smallest absolute Gasteiger partial charge is 0.340 e. The van der Waals surface area contributed by atoms with Crippen LogP contribution >= 0.6 is 0 Å². The maximum Gasteiger partial charge on any atom is 0.340 e. The molecule has 1 saturated heterocycles. The molecule has 2 unspecified atom stereocenters. The van der Waals surface area contributed by atoms with Crippen molar-refractivity contribution in [3.8, 4) is 5.75 Å². The van der Waals surface area contributed by atoms with Crippen molar-refractivity contribution in [2.75, 3.05) is 33.3 Å². The molecule has 6 nitrogen and oxygen atoms in total. The van der Waals surface area contributed by atoms with Crippen LogP contribution in [0.2, 0.25) is 0 Å². The highest BCUT2D eigenvalue weighted by molar-refractivity contribution is 6.07. The first kappa shape index (κ1) is 22.8. The topological polar surface area (TPSA) is 48.4 Å². The van der Waals surface area contributed by atoms with Gasteiger partial charge in [0.25, 0.3) is 0 Å². The van der Waals surface area contributed by atoms with Crippen molar-refractivity contribution in [2.45, 2.75) is 38.8 Å². The van der Waals surface area contributed by atoms with Crippen LogP contribution in [0.15, 0.2) is 53.6 Å². The van der Waals surface area contributed by atoms with E-state index in [4.69, 9.17) is 9.84 Å². The van der Waals surface area contributed by atoms with Crippen LogP contribution < -0.4 is 4.74 Å². The third-order valence-corrected chi connectivity index (χ3v) is 7.32. The minimum absolute atomic E-state index is 0.129. The number of fused-ring (bicyclic) bond motifs is 3. The molecular weight excluding hydrogens is 431 g/mol. The maximum absolute atomic E-state index is 14.1. The predicted octanol–water partition coefficient (Wildman–Crippen LogP) is 4.77. The summed E-state index contributed by atoms with van der Waals surface area (Å²) in [5.74, 6) is 0.564. The van der Waals surface area contributed by atoms with Crippen LogP contribution in [0, 0.1) is 17.7 Å². The number of carbonyl (C=O) groups is 1. The molecule has 0 radical (unpaired) electrons. The van der Waals surface area contributed by atoms with Gasteiger partial charge in [-0.3, -0.25) is 0 Å². The van der Waals surface area contributed by atoms with E-state index in [9.17, 15) is 9.18 Å². The summed E-state index contributed by atoms with van der Waals surface area (Å²) in [5, 5.41) is 6.41. The Morgan fingerprint density at radius 2 is 2.03 bits per heavy atom. The fourth-order valence-electron chi connectivity index (χ4n) is 5.54. The first-order valence-electron chi connectivity index (χ1n) is 12.3. The lowest BCUT2D eigenvalue weighted by Crippen LogP contribution is -2.47. The van der Waals surface area contributed by atoms with Gasteiger partial charge in [-0.05, 0) is 62.9 Å². The molecule has 0 spiro atoms. The van der Waals surface area contributed by atoms with Crippen LogP contribution in [0.4, 0.5) is 9.18 Å². The van der Waals surface area contributed by atoms with Crippen molar-refractivity contribution in [2.24, 2.45) is 16.9 Å². The van der Waals surface area contributed by atoms with Gasteiger partial charge in [0.2, 0.25) is 0 Å². The van der Waals surface area contributed by atoms with Gasteiger partial charge in [-0.15, -0.1) is 0 Å². The number of rotatable bonds is 4. The predicted molar refractivity (Wildman–Crippen MR) is 130 cm³/mol. The molecule has 5 rings (SSSR count). The minimum Gasteiger partial charge on any atom is -0.492 e. The van der Waals surface area contributed by atoms with Crippen LogP contribution in [0.3, 0.4) is 0 Å². The minimum atomic E-state index is -0.337. The Bertz CT molecular complexity index is 1070. The normalized spacial score (nSPS) is 24.3. The zero-order valence-electron chi connectivity index (χ0n) is 20.2. The zero-order valence-corrected chi connectivity index (χ0v) is 20.2. The molecule has 0 bridgehead atoms. The van der Waals surface area contributed by atoms with Crippen LogP contribution in [-0.2, 0) is 0 Å². The van der Waals surface area contributed by atoms with E-state index in [0.29, 0.717) is 36.4 Å². The molecule has 3 aliphatic heterocycles. The van der Waals surface area contributed by atoms with Gasteiger partial charge in [-0.1, -0.05) is 30.3 Å². The SMILES string of the molecule is CC(C)N1CCC[C@H](CN(C)C(=O)N2N=C3c4cc(F)ccc4OCC3C2c2ccccc2)C1. The maximum atomic E-state index is 14.1. The second-order valence-electron chi connectivity index (χ2n) is 10.0. The molecule has 3 aliphatic rings. The highest BCUT2D eigenvalue weighted by Crippen LogP contribution is 2.43. The van der Waals surface area contributed by atoms with Crippen molar-refractivity contribution >= 4 is 11.7 Å².